The van der Waals surface area contributed by atoms with Crippen LogP contribution in [0.3, 0.4) is 0 Å². The lowest BCUT2D eigenvalue weighted by Crippen LogP contribution is -2.29. The minimum absolute atomic E-state index is 0.146. The molecule has 0 aliphatic rings. The van der Waals surface area contributed by atoms with Crippen molar-refractivity contribution in [1.82, 2.24) is 14.5 Å². The van der Waals surface area contributed by atoms with Crippen LogP contribution in [-0.2, 0) is 18.9 Å². The third kappa shape index (κ3) is 2.99. The van der Waals surface area contributed by atoms with E-state index in [4.69, 9.17) is 0 Å². The minimum Gasteiger partial charge on any atom is -0.313 e. The first-order valence-electron chi connectivity index (χ1n) is 6.89. The first-order chi connectivity index (χ1) is 9.50. The highest BCUT2D eigenvalue weighted by Crippen LogP contribution is 2.09. The smallest absolute Gasteiger partial charge is 0.262 e. The summed E-state index contributed by atoms with van der Waals surface area (Å²) in [6, 6.07) is 8.02. The van der Waals surface area contributed by atoms with Crippen molar-refractivity contribution in [2.24, 2.45) is 25.0 Å². The van der Waals surface area contributed by atoms with E-state index in [0.29, 0.717) is 11.5 Å². The van der Waals surface area contributed by atoms with Gasteiger partial charge in [0.1, 0.15) is 0 Å². The summed E-state index contributed by atoms with van der Waals surface area (Å²) in [5.74, 6) is 0.378. The predicted molar refractivity (Wildman–Crippen MR) is 80.2 cm³/mol. The van der Waals surface area contributed by atoms with E-state index in [9.17, 15) is 4.79 Å². The van der Waals surface area contributed by atoms with Crippen molar-refractivity contribution in [1.29, 1.82) is 0 Å². The van der Waals surface area contributed by atoms with Gasteiger partial charge in [0.2, 0.25) is 5.62 Å². The fourth-order valence-electron chi connectivity index (χ4n) is 2.24. The molecule has 0 atom stereocenters. The molecule has 0 saturated carbocycles. The molecule has 0 aliphatic heterocycles. The Morgan fingerprint density at radius 3 is 2.25 bits per heavy atom. The maximum absolute atomic E-state index is 11.9. The molecule has 0 saturated heterocycles. The maximum atomic E-state index is 11.9. The number of amides is 1. The first kappa shape index (κ1) is 14.5. The molecule has 0 unspecified atom stereocenters. The SMILES string of the molecule is CC(C)CNCC(=O)N=c1n(C)c2ccccc2n1C. The molecule has 1 aromatic heterocycles. The number of carbonyl (C=O) groups is 1. The van der Waals surface area contributed by atoms with Crippen LogP contribution in [0, 0.1) is 5.92 Å². The number of fused-ring (bicyclic) bond motifs is 1. The highest BCUT2D eigenvalue weighted by atomic mass is 16.1. The van der Waals surface area contributed by atoms with Crippen molar-refractivity contribution in [3.8, 4) is 0 Å². The molecular weight excluding hydrogens is 252 g/mol. The standard InChI is InChI=1S/C15H22N4O/c1-11(2)9-16-10-14(20)17-15-18(3)12-7-5-6-8-13(12)19(15)4/h5-8,11,16H,9-10H2,1-4H3. The molecule has 0 bridgehead atoms. The fraction of sp³-hybridized carbons (Fsp3) is 0.467. The Hall–Kier alpha value is -1.88. The summed E-state index contributed by atoms with van der Waals surface area (Å²) in [7, 11) is 3.85. The minimum atomic E-state index is -0.146. The predicted octanol–water partition coefficient (Wildman–Crippen LogP) is 1.19. The Morgan fingerprint density at radius 2 is 1.75 bits per heavy atom. The number of para-hydroxylation sites is 2. The van der Waals surface area contributed by atoms with Crippen molar-refractivity contribution in [3.05, 3.63) is 29.9 Å². The van der Waals surface area contributed by atoms with E-state index < -0.39 is 0 Å². The maximum Gasteiger partial charge on any atom is 0.262 e. The number of nitrogens with one attached hydrogen (secondary N) is 1. The van der Waals surface area contributed by atoms with Crippen LogP contribution in [0.4, 0.5) is 0 Å². The molecule has 2 aromatic rings. The number of aryl methyl sites for hydroxylation is 2. The van der Waals surface area contributed by atoms with Crippen LogP contribution in [0.1, 0.15) is 13.8 Å². The summed E-state index contributed by atoms with van der Waals surface area (Å²) in [6.07, 6.45) is 0. The van der Waals surface area contributed by atoms with Crippen molar-refractivity contribution < 1.29 is 4.79 Å². The summed E-state index contributed by atoms with van der Waals surface area (Å²) >= 11 is 0. The van der Waals surface area contributed by atoms with E-state index in [-0.39, 0.29) is 12.5 Å². The molecule has 5 heteroatoms. The summed E-state index contributed by atoms with van der Waals surface area (Å²) in [5.41, 5.74) is 2.80. The van der Waals surface area contributed by atoms with Gasteiger partial charge in [-0.05, 0) is 24.6 Å². The lowest BCUT2D eigenvalue weighted by Gasteiger charge is -2.04. The van der Waals surface area contributed by atoms with Gasteiger partial charge in [-0.3, -0.25) is 4.79 Å². The van der Waals surface area contributed by atoms with Crippen LogP contribution < -0.4 is 10.9 Å². The Labute approximate surface area is 118 Å². The number of aromatic nitrogens is 2. The summed E-state index contributed by atoms with van der Waals surface area (Å²) < 4.78 is 3.88. The van der Waals surface area contributed by atoms with Gasteiger partial charge < -0.3 is 14.5 Å². The molecule has 5 nitrogen and oxygen atoms in total. The quantitative estimate of drug-likeness (QED) is 0.910. The van der Waals surface area contributed by atoms with Crippen LogP contribution in [0.25, 0.3) is 11.0 Å². The molecule has 1 N–H and O–H groups in total. The number of nitrogens with zero attached hydrogens (tertiary/aromatic N) is 3. The fourth-order valence-corrected chi connectivity index (χ4v) is 2.24. The molecule has 108 valence electrons. The monoisotopic (exact) mass is 274 g/mol. The highest BCUT2D eigenvalue weighted by molar-refractivity contribution is 5.80. The number of hydrogen-bond acceptors (Lipinski definition) is 2. The zero-order chi connectivity index (χ0) is 14.7. The topological polar surface area (TPSA) is 51.3 Å². The molecule has 1 amide bonds. The Balaban J connectivity index is 2.28. The lowest BCUT2D eigenvalue weighted by atomic mass is 10.2. The van der Waals surface area contributed by atoms with Gasteiger partial charge in [-0.15, -0.1) is 0 Å². The summed E-state index contributed by atoms with van der Waals surface area (Å²) in [6.45, 7) is 5.32. The van der Waals surface area contributed by atoms with Crippen LogP contribution in [0.2, 0.25) is 0 Å². The zero-order valence-electron chi connectivity index (χ0n) is 12.6. The molecule has 0 radical (unpaired) electrons. The number of hydrogen-bond donors (Lipinski definition) is 1. The molecule has 2 rings (SSSR count). The normalized spacial score (nSPS) is 11.2. The van der Waals surface area contributed by atoms with Crippen LogP contribution in [0.5, 0.6) is 0 Å². The molecule has 1 aromatic carbocycles. The van der Waals surface area contributed by atoms with E-state index in [1.807, 2.05) is 47.5 Å². The number of rotatable bonds is 4. The van der Waals surface area contributed by atoms with Crippen LogP contribution >= 0.6 is 0 Å². The van der Waals surface area contributed by atoms with Crippen molar-refractivity contribution in [2.45, 2.75) is 13.8 Å². The third-order valence-corrected chi connectivity index (χ3v) is 3.26. The number of benzene rings is 1. The first-order valence-corrected chi connectivity index (χ1v) is 6.89. The average Bonchev–Trinajstić information content (AvgIpc) is 2.64. The Morgan fingerprint density at radius 1 is 1.20 bits per heavy atom. The van der Waals surface area contributed by atoms with E-state index in [2.05, 4.69) is 24.2 Å². The second-order valence-electron chi connectivity index (χ2n) is 5.44. The van der Waals surface area contributed by atoms with Crippen LogP contribution in [-0.4, -0.2) is 28.1 Å². The second kappa shape index (κ2) is 6.05. The van der Waals surface area contributed by atoms with E-state index in [1.165, 1.54) is 0 Å². The second-order valence-corrected chi connectivity index (χ2v) is 5.44. The van der Waals surface area contributed by atoms with Crippen molar-refractivity contribution >= 4 is 16.9 Å². The van der Waals surface area contributed by atoms with E-state index in [0.717, 1.165) is 17.6 Å². The molecular formula is C15H22N4O. The van der Waals surface area contributed by atoms with Gasteiger partial charge in [0, 0.05) is 14.1 Å². The number of carbonyl (C=O) groups excluding carboxylic acids is 1. The van der Waals surface area contributed by atoms with E-state index in [1.54, 1.807) is 0 Å². The molecule has 0 aliphatic carbocycles. The van der Waals surface area contributed by atoms with Crippen molar-refractivity contribution in [3.63, 3.8) is 0 Å². The van der Waals surface area contributed by atoms with Gasteiger partial charge in [-0.25, -0.2) is 0 Å². The zero-order valence-corrected chi connectivity index (χ0v) is 12.6. The average molecular weight is 274 g/mol. The van der Waals surface area contributed by atoms with Crippen molar-refractivity contribution in [2.75, 3.05) is 13.1 Å². The van der Waals surface area contributed by atoms with E-state index >= 15 is 0 Å². The van der Waals surface area contributed by atoms with Gasteiger partial charge in [0.25, 0.3) is 5.91 Å². The molecule has 0 spiro atoms. The van der Waals surface area contributed by atoms with Gasteiger partial charge in [-0.1, -0.05) is 26.0 Å². The largest absolute Gasteiger partial charge is 0.313 e. The molecule has 20 heavy (non-hydrogen) atoms. The van der Waals surface area contributed by atoms with Crippen LogP contribution in [0.15, 0.2) is 29.3 Å². The Bertz CT molecular complexity index is 637. The highest BCUT2D eigenvalue weighted by Gasteiger charge is 2.07. The van der Waals surface area contributed by atoms with Gasteiger partial charge in [-0.2, -0.15) is 4.99 Å². The molecule has 0 fully saturated rings. The summed E-state index contributed by atoms with van der Waals surface area (Å²) in [4.78, 5) is 16.1. The lowest BCUT2D eigenvalue weighted by molar-refractivity contribution is -0.117. The van der Waals surface area contributed by atoms with Gasteiger partial charge in [0.15, 0.2) is 0 Å². The number of imidazole rings is 1. The molecule has 1 heterocycles. The third-order valence-electron chi connectivity index (χ3n) is 3.26. The summed E-state index contributed by atoms with van der Waals surface area (Å²) in [5, 5.41) is 3.12. The Kier molecular flexibility index (Phi) is 4.39. The van der Waals surface area contributed by atoms with Gasteiger partial charge in [0.05, 0.1) is 17.6 Å². The van der Waals surface area contributed by atoms with Gasteiger partial charge >= 0.3 is 0 Å².